The molecule has 0 radical (unpaired) electrons. The zero-order valence-corrected chi connectivity index (χ0v) is 11.8. The van der Waals surface area contributed by atoms with Gasteiger partial charge < -0.3 is 9.47 Å². The quantitative estimate of drug-likeness (QED) is 0.733. The molecule has 0 aliphatic heterocycles. The van der Waals surface area contributed by atoms with Crippen LogP contribution in [0.2, 0.25) is 5.02 Å². The molecule has 0 amide bonds. The summed E-state index contributed by atoms with van der Waals surface area (Å²) in [6, 6.07) is 9.75. The van der Waals surface area contributed by atoms with Crippen molar-refractivity contribution in [3.8, 4) is 17.2 Å². The average molecular weight is 332 g/mol. The summed E-state index contributed by atoms with van der Waals surface area (Å²) in [5.41, 5.74) is 0. The average Bonchev–Trinajstić information content (AvgIpc) is 2.36. The largest absolute Gasteiger partial charge is 0.497 e. The Morgan fingerprint density at radius 2 is 1.89 bits per heavy atom. The first-order valence-corrected chi connectivity index (χ1v) is 6.23. The molecule has 0 fully saturated rings. The van der Waals surface area contributed by atoms with Gasteiger partial charge in [-0.05, 0) is 40.2 Å². The van der Waals surface area contributed by atoms with Crippen LogP contribution >= 0.6 is 27.5 Å². The molecule has 0 aliphatic carbocycles. The summed E-state index contributed by atoms with van der Waals surface area (Å²) < 4.78 is 24.2. The molecule has 2 aromatic rings. The van der Waals surface area contributed by atoms with Crippen molar-refractivity contribution in [1.82, 2.24) is 0 Å². The van der Waals surface area contributed by atoms with Crippen LogP contribution < -0.4 is 9.47 Å². The highest BCUT2D eigenvalue weighted by Gasteiger charge is 2.09. The number of hydrogen-bond donors (Lipinski definition) is 0. The minimum absolute atomic E-state index is 0.207. The first-order valence-electron chi connectivity index (χ1n) is 5.06. The lowest BCUT2D eigenvalue weighted by Gasteiger charge is -2.09. The van der Waals surface area contributed by atoms with E-state index < -0.39 is 5.82 Å². The number of rotatable bonds is 3. The monoisotopic (exact) mass is 330 g/mol. The standard InChI is InChI=1S/C13H9BrClFO2/c1-17-8-3-2-4-9(5-8)18-13-6-10(14)12(16)7-11(13)15/h2-7H,1H3. The molecule has 5 heteroatoms. The lowest BCUT2D eigenvalue weighted by atomic mass is 10.3. The van der Waals surface area contributed by atoms with E-state index in [9.17, 15) is 4.39 Å². The number of benzene rings is 2. The molecule has 94 valence electrons. The fourth-order valence-corrected chi connectivity index (χ4v) is 1.89. The number of methoxy groups -OCH3 is 1. The van der Waals surface area contributed by atoms with Crippen LogP contribution in [0.15, 0.2) is 40.9 Å². The van der Waals surface area contributed by atoms with Gasteiger partial charge in [-0.25, -0.2) is 4.39 Å². The Bertz CT molecular complexity index is 575. The van der Waals surface area contributed by atoms with E-state index in [1.807, 2.05) is 0 Å². The van der Waals surface area contributed by atoms with Crippen LogP contribution in [0.1, 0.15) is 0 Å². The second kappa shape index (κ2) is 5.59. The smallest absolute Gasteiger partial charge is 0.147 e. The molecule has 0 bridgehead atoms. The first kappa shape index (κ1) is 13.2. The zero-order valence-electron chi connectivity index (χ0n) is 9.41. The molecule has 2 rings (SSSR count). The molecular formula is C13H9BrClFO2. The van der Waals surface area contributed by atoms with Gasteiger partial charge in [-0.3, -0.25) is 0 Å². The van der Waals surface area contributed by atoms with E-state index >= 15 is 0 Å². The van der Waals surface area contributed by atoms with Crippen LogP contribution in [0, 0.1) is 5.82 Å². The SMILES string of the molecule is COc1cccc(Oc2cc(Br)c(F)cc2Cl)c1. The summed E-state index contributed by atoms with van der Waals surface area (Å²) in [7, 11) is 1.57. The zero-order chi connectivity index (χ0) is 13.1. The van der Waals surface area contributed by atoms with Gasteiger partial charge in [0.25, 0.3) is 0 Å². The number of hydrogen-bond acceptors (Lipinski definition) is 2. The molecule has 0 N–H and O–H groups in total. The van der Waals surface area contributed by atoms with E-state index in [0.717, 1.165) is 0 Å². The summed E-state index contributed by atoms with van der Waals surface area (Å²) in [5, 5.41) is 0.207. The van der Waals surface area contributed by atoms with E-state index in [1.165, 1.54) is 12.1 Å². The van der Waals surface area contributed by atoms with Gasteiger partial charge in [0.1, 0.15) is 23.1 Å². The third-order valence-electron chi connectivity index (χ3n) is 2.24. The van der Waals surface area contributed by atoms with Crippen molar-refractivity contribution in [2.75, 3.05) is 7.11 Å². The van der Waals surface area contributed by atoms with Crippen molar-refractivity contribution < 1.29 is 13.9 Å². The van der Waals surface area contributed by atoms with E-state index in [2.05, 4.69) is 15.9 Å². The van der Waals surface area contributed by atoms with Crippen LogP contribution in [-0.4, -0.2) is 7.11 Å². The summed E-state index contributed by atoms with van der Waals surface area (Å²) >= 11 is 8.99. The topological polar surface area (TPSA) is 18.5 Å². The van der Waals surface area contributed by atoms with Crippen molar-refractivity contribution in [2.45, 2.75) is 0 Å². The van der Waals surface area contributed by atoms with E-state index in [4.69, 9.17) is 21.1 Å². The minimum Gasteiger partial charge on any atom is -0.497 e. The Hall–Kier alpha value is -1.26. The molecule has 0 saturated carbocycles. The van der Waals surface area contributed by atoms with Gasteiger partial charge in [0.05, 0.1) is 16.6 Å². The fourth-order valence-electron chi connectivity index (χ4n) is 1.37. The molecule has 0 unspecified atom stereocenters. The van der Waals surface area contributed by atoms with Gasteiger partial charge in [-0.15, -0.1) is 0 Å². The third kappa shape index (κ3) is 2.94. The summed E-state index contributed by atoms with van der Waals surface area (Å²) in [5.74, 6) is 1.18. The Morgan fingerprint density at radius 1 is 1.17 bits per heavy atom. The first-order chi connectivity index (χ1) is 8.60. The van der Waals surface area contributed by atoms with Gasteiger partial charge in [-0.2, -0.15) is 0 Å². The molecule has 0 heterocycles. The van der Waals surface area contributed by atoms with Crippen molar-refractivity contribution in [3.63, 3.8) is 0 Å². The highest BCUT2D eigenvalue weighted by Crippen LogP contribution is 2.34. The summed E-state index contributed by atoms with van der Waals surface area (Å²) in [6.45, 7) is 0. The lowest BCUT2D eigenvalue weighted by molar-refractivity contribution is 0.409. The molecular weight excluding hydrogens is 322 g/mol. The normalized spacial score (nSPS) is 10.2. The molecule has 0 aromatic heterocycles. The van der Waals surface area contributed by atoms with E-state index in [0.29, 0.717) is 21.7 Å². The lowest BCUT2D eigenvalue weighted by Crippen LogP contribution is -1.89. The van der Waals surface area contributed by atoms with Crippen LogP contribution in [0.4, 0.5) is 4.39 Å². The summed E-state index contributed by atoms with van der Waals surface area (Å²) in [4.78, 5) is 0. The van der Waals surface area contributed by atoms with E-state index in [-0.39, 0.29) is 5.02 Å². The van der Waals surface area contributed by atoms with Gasteiger partial charge in [-0.1, -0.05) is 17.7 Å². The minimum atomic E-state index is -0.432. The van der Waals surface area contributed by atoms with Crippen LogP contribution in [0.5, 0.6) is 17.2 Å². The Kier molecular flexibility index (Phi) is 4.09. The molecule has 0 saturated heterocycles. The van der Waals surface area contributed by atoms with Gasteiger partial charge in [0.15, 0.2) is 0 Å². The van der Waals surface area contributed by atoms with Crippen molar-refractivity contribution in [1.29, 1.82) is 0 Å². The molecule has 2 nitrogen and oxygen atoms in total. The van der Waals surface area contributed by atoms with Gasteiger partial charge in [0.2, 0.25) is 0 Å². The molecule has 0 spiro atoms. The molecule has 18 heavy (non-hydrogen) atoms. The van der Waals surface area contributed by atoms with Crippen molar-refractivity contribution in [2.24, 2.45) is 0 Å². The second-order valence-corrected chi connectivity index (χ2v) is 4.74. The van der Waals surface area contributed by atoms with Crippen LogP contribution in [0.3, 0.4) is 0 Å². The molecule has 2 aromatic carbocycles. The van der Waals surface area contributed by atoms with Gasteiger partial charge >= 0.3 is 0 Å². The van der Waals surface area contributed by atoms with E-state index in [1.54, 1.807) is 31.4 Å². The summed E-state index contributed by atoms with van der Waals surface area (Å²) in [6.07, 6.45) is 0. The maximum Gasteiger partial charge on any atom is 0.147 e. The van der Waals surface area contributed by atoms with Crippen molar-refractivity contribution >= 4 is 27.5 Å². The maximum absolute atomic E-state index is 13.2. The van der Waals surface area contributed by atoms with Gasteiger partial charge in [0, 0.05) is 6.07 Å². The number of halogens is 3. The Morgan fingerprint density at radius 3 is 2.61 bits per heavy atom. The fraction of sp³-hybridized carbons (Fsp3) is 0.0769. The van der Waals surface area contributed by atoms with Crippen LogP contribution in [0.25, 0.3) is 0 Å². The number of ether oxygens (including phenoxy) is 2. The predicted octanol–water partition coefficient (Wildman–Crippen LogP) is 5.04. The maximum atomic E-state index is 13.2. The molecule has 0 atom stereocenters. The van der Waals surface area contributed by atoms with Crippen molar-refractivity contribution in [3.05, 3.63) is 51.7 Å². The molecule has 0 aliphatic rings. The highest BCUT2D eigenvalue weighted by atomic mass is 79.9. The third-order valence-corrected chi connectivity index (χ3v) is 3.15. The Balaban J connectivity index is 2.30. The second-order valence-electron chi connectivity index (χ2n) is 3.48. The predicted molar refractivity (Wildman–Crippen MR) is 72.2 cm³/mol. The highest BCUT2D eigenvalue weighted by molar-refractivity contribution is 9.10. The van der Waals surface area contributed by atoms with Crippen LogP contribution in [-0.2, 0) is 0 Å². The Labute approximate surface area is 117 Å².